The number of aliphatic carboxylic acids is 1. The molecule has 0 aromatic heterocycles. The molecule has 0 bridgehead atoms. The zero-order valence-electron chi connectivity index (χ0n) is 11.2. The summed E-state index contributed by atoms with van der Waals surface area (Å²) in [4.78, 5) is 22.1. The number of carboxylic acid groups (broad SMARTS) is 1. The fraction of sp³-hybridized carbons (Fsp3) is 0.462. The number of benzene rings is 1. The third-order valence-electron chi connectivity index (χ3n) is 3.68. The molecule has 1 saturated heterocycles. The number of anilines is 1. The Labute approximate surface area is 129 Å². The molecule has 0 saturated carbocycles. The molecule has 0 radical (unpaired) electrons. The molecule has 0 atom stereocenters. The first-order valence-corrected chi connectivity index (χ1v) is 7.23. The Bertz CT molecular complexity index is 557. The summed E-state index contributed by atoms with van der Waals surface area (Å²) in [6, 6.07) is 4.53. The van der Waals surface area contributed by atoms with E-state index in [4.69, 9.17) is 4.74 Å². The molecule has 1 aliphatic rings. The average Bonchev–Trinajstić information content (AvgIpc) is 2.45. The molecular formula is C13H15BrN2O5. The van der Waals surface area contributed by atoms with Crippen LogP contribution in [0, 0.1) is 15.5 Å². The summed E-state index contributed by atoms with van der Waals surface area (Å²) in [6.07, 6.45) is 0.772. The molecule has 2 rings (SSSR count). The van der Waals surface area contributed by atoms with Crippen LogP contribution in [-0.4, -0.2) is 35.8 Å². The van der Waals surface area contributed by atoms with Gasteiger partial charge in [0.05, 0.1) is 10.3 Å². The van der Waals surface area contributed by atoms with E-state index in [1.165, 1.54) is 6.07 Å². The number of carboxylic acids is 1. The van der Waals surface area contributed by atoms with E-state index in [1.54, 1.807) is 12.1 Å². The van der Waals surface area contributed by atoms with E-state index in [2.05, 4.69) is 21.2 Å². The lowest BCUT2D eigenvalue weighted by molar-refractivity contribution is -0.384. The van der Waals surface area contributed by atoms with Gasteiger partial charge in [-0.15, -0.1) is 0 Å². The molecule has 0 aliphatic carbocycles. The predicted molar refractivity (Wildman–Crippen MR) is 79.4 cm³/mol. The minimum Gasteiger partial charge on any atom is -0.481 e. The van der Waals surface area contributed by atoms with Gasteiger partial charge in [-0.3, -0.25) is 14.9 Å². The van der Waals surface area contributed by atoms with Gasteiger partial charge in [-0.1, -0.05) is 15.9 Å². The number of hydrogen-bond acceptors (Lipinski definition) is 5. The van der Waals surface area contributed by atoms with Crippen LogP contribution in [-0.2, 0) is 9.53 Å². The number of nitro benzene ring substituents is 1. The van der Waals surface area contributed by atoms with Crippen molar-refractivity contribution in [3.8, 4) is 0 Å². The standard InChI is InChI=1S/C13H15BrN2O5/c14-9-1-2-11(16(19)20)10(7-9)15-8-13(12(17)18)3-5-21-6-4-13/h1-2,7,15H,3-6,8H2,(H,17,18). The van der Waals surface area contributed by atoms with Crippen molar-refractivity contribution in [2.45, 2.75) is 12.8 Å². The molecule has 1 aliphatic heterocycles. The number of ether oxygens (including phenoxy) is 1. The van der Waals surface area contributed by atoms with Gasteiger partial charge in [0.25, 0.3) is 5.69 Å². The van der Waals surface area contributed by atoms with Crippen LogP contribution in [0.2, 0.25) is 0 Å². The first-order chi connectivity index (χ1) is 9.94. The van der Waals surface area contributed by atoms with Gasteiger partial charge in [-0.2, -0.15) is 0 Å². The van der Waals surface area contributed by atoms with Crippen LogP contribution in [0.5, 0.6) is 0 Å². The second-order valence-electron chi connectivity index (χ2n) is 4.97. The third kappa shape index (κ3) is 3.51. The molecule has 1 fully saturated rings. The van der Waals surface area contributed by atoms with E-state index in [0.29, 0.717) is 36.2 Å². The molecule has 1 aromatic rings. The monoisotopic (exact) mass is 358 g/mol. The van der Waals surface area contributed by atoms with E-state index in [0.717, 1.165) is 0 Å². The minimum atomic E-state index is -0.950. The molecule has 21 heavy (non-hydrogen) atoms. The van der Waals surface area contributed by atoms with Gasteiger partial charge >= 0.3 is 5.97 Å². The first kappa shape index (κ1) is 15.7. The third-order valence-corrected chi connectivity index (χ3v) is 4.17. The van der Waals surface area contributed by atoms with Crippen molar-refractivity contribution in [2.24, 2.45) is 5.41 Å². The minimum absolute atomic E-state index is 0.0780. The highest BCUT2D eigenvalue weighted by atomic mass is 79.9. The number of hydrogen-bond donors (Lipinski definition) is 2. The predicted octanol–water partition coefficient (Wildman–Crippen LogP) is 2.65. The fourth-order valence-corrected chi connectivity index (χ4v) is 2.66. The summed E-state index contributed by atoms with van der Waals surface area (Å²) < 4.78 is 5.89. The quantitative estimate of drug-likeness (QED) is 0.619. The molecule has 114 valence electrons. The summed E-state index contributed by atoms with van der Waals surface area (Å²) >= 11 is 3.25. The van der Waals surface area contributed by atoms with Crippen LogP contribution >= 0.6 is 15.9 Å². The van der Waals surface area contributed by atoms with Crippen LogP contribution < -0.4 is 5.32 Å². The molecular weight excluding hydrogens is 344 g/mol. The molecule has 8 heteroatoms. The second kappa shape index (κ2) is 6.40. The zero-order valence-corrected chi connectivity index (χ0v) is 12.8. The molecule has 0 amide bonds. The Morgan fingerprint density at radius 1 is 1.48 bits per heavy atom. The average molecular weight is 359 g/mol. The van der Waals surface area contributed by atoms with Crippen LogP contribution in [0.4, 0.5) is 11.4 Å². The lowest BCUT2D eigenvalue weighted by Crippen LogP contribution is -2.42. The molecule has 1 heterocycles. The van der Waals surface area contributed by atoms with Crippen molar-refractivity contribution < 1.29 is 19.6 Å². The van der Waals surface area contributed by atoms with Gasteiger partial charge in [0.1, 0.15) is 5.69 Å². The Balaban J connectivity index is 2.19. The Kier molecular flexibility index (Phi) is 4.79. The molecule has 0 spiro atoms. The fourth-order valence-electron chi connectivity index (χ4n) is 2.30. The van der Waals surface area contributed by atoms with Crippen molar-refractivity contribution in [3.05, 3.63) is 32.8 Å². The number of nitrogens with one attached hydrogen (secondary N) is 1. The van der Waals surface area contributed by atoms with Crippen molar-refractivity contribution in [3.63, 3.8) is 0 Å². The summed E-state index contributed by atoms with van der Waals surface area (Å²) in [5, 5.41) is 23.4. The molecule has 0 unspecified atom stereocenters. The van der Waals surface area contributed by atoms with E-state index in [1.807, 2.05) is 0 Å². The highest BCUT2D eigenvalue weighted by Gasteiger charge is 2.40. The second-order valence-corrected chi connectivity index (χ2v) is 5.89. The van der Waals surface area contributed by atoms with Gasteiger partial charge in [-0.25, -0.2) is 0 Å². The van der Waals surface area contributed by atoms with Crippen LogP contribution in [0.3, 0.4) is 0 Å². The van der Waals surface area contributed by atoms with Gasteiger partial charge < -0.3 is 15.2 Å². The summed E-state index contributed by atoms with van der Waals surface area (Å²) in [5.74, 6) is -0.907. The number of halogens is 1. The van der Waals surface area contributed by atoms with Gasteiger partial charge in [0, 0.05) is 30.3 Å². The van der Waals surface area contributed by atoms with Gasteiger partial charge in [-0.05, 0) is 25.0 Å². The molecule has 2 N–H and O–H groups in total. The normalized spacial score (nSPS) is 17.2. The highest BCUT2D eigenvalue weighted by molar-refractivity contribution is 9.10. The Morgan fingerprint density at radius 3 is 2.71 bits per heavy atom. The maximum Gasteiger partial charge on any atom is 0.311 e. The number of nitro groups is 1. The maximum absolute atomic E-state index is 11.5. The molecule has 1 aromatic carbocycles. The van der Waals surface area contributed by atoms with E-state index >= 15 is 0 Å². The first-order valence-electron chi connectivity index (χ1n) is 6.44. The van der Waals surface area contributed by atoms with E-state index in [-0.39, 0.29) is 12.2 Å². The summed E-state index contributed by atoms with van der Waals surface area (Å²) in [6.45, 7) is 0.895. The smallest absolute Gasteiger partial charge is 0.311 e. The molecule has 7 nitrogen and oxygen atoms in total. The Morgan fingerprint density at radius 2 is 2.14 bits per heavy atom. The largest absolute Gasteiger partial charge is 0.481 e. The number of rotatable bonds is 5. The van der Waals surface area contributed by atoms with Crippen molar-refractivity contribution in [1.82, 2.24) is 0 Å². The maximum atomic E-state index is 11.5. The number of nitrogens with zero attached hydrogens (tertiary/aromatic N) is 1. The van der Waals surface area contributed by atoms with Crippen molar-refractivity contribution >= 4 is 33.3 Å². The zero-order chi connectivity index (χ0) is 15.5. The van der Waals surface area contributed by atoms with Crippen LogP contribution in [0.1, 0.15) is 12.8 Å². The van der Waals surface area contributed by atoms with Crippen LogP contribution in [0.15, 0.2) is 22.7 Å². The van der Waals surface area contributed by atoms with Gasteiger partial charge in [0.2, 0.25) is 0 Å². The van der Waals surface area contributed by atoms with Crippen LogP contribution in [0.25, 0.3) is 0 Å². The van der Waals surface area contributed by atoms with Crippen molar-refractivity contribution in [1.29, 1.82) is 0 Å². The van der Waals surface area contributed by atoms with E-state index in [9.17, 15) is 20.0 Å². The van der Waals surface area contributed by atoms with Gasteiger partial charge in [0.15, 0.2) is 0 Å². The lowest BCUT2D eigenvalue weighted by Gasteiger charge is -2.33. The topological polar surface area (TPSA) is 102 Å². The van der Waals surface area contributed by atoms with E-state index < -0.39 is 16.3 Å². The summed E-state index contributed by atoms with van der Waals surface area (Å²) in [5.41, 5.74) is -0.721. The number of carbonyl (C=O) groups is 1. The highest BCUT2D eigenvalue weighted by Crippen LogP contribution is 2.34. The van der Waals surface area contributed by atoms with Crippen molar-refractivity contribution in [2.75, 3.05) is 25.1 Å². The lowest BCUT2D eigenvalue weighted by atomic mass is 9.80. The summed E-state index contributed by atoms with van der Waals surface area (Å²) in [7, 11) is 0. The SMILES string of the molecule is O=C(O)C1(CNc2cc(Br)ccc2[N+](=O)[O-])CCOCC1. The Hall–Kier alpha value is -1.67.